The van der Waals surface area contributed by atoms with Gasteiger partial charge in [0.15, 0.2) is 0 Å². The molecule has 1 aromatic heterocycles. The first-order valence-corrected chi connectivity index (χ1v) is 6.65. The lowest BCUT2D eigenvalue weighted by Crippen LogP contribution is -2.26. The van der Waals surface area contributed by atoms with Crippen LogP contribution >= 0.6 is 11.3 Å². The van der Waals surface area contributed by atoms with Crippen molar-refractivity contribution in [2.24, 2.45) is 5.41 Å². The lowest BCUT2D eigenvalue weighted by Gasteiger charge is -2.24. The predicted molar refractivity (Wildman–Crippen MR) is 66.7 cm³/mol. The van der Waals surface area contributed by atoms with Gasteiger partial charge < -0.3 is 0 Å². The minimum absolute atomic E-state index is 0.153. The molecule has 0 atom stereocenters. The number of hydrogen-bond acceptors (Lipinski definition) is 4. The third-order valence-corrected chi connectivity index (χ3v) is 4.27. The molecule has 0 saturated carbocycles. The molecule has 4 heteroatoms. The topological polar surface area (TPSA) is 42.9 Å². The molecule has 0 radical (unpaired) electrons. The van der Waals surface area contributed by atoms with Gasteiger partial charge in [0.1, 0.15) is 15.8 Å². The molecule has 0 fully saturated rings. The molecule has 1 rings (SSSR count). The molecule has 1 aromatic rings. The molecule has 0 spiro atoms. The van der Waals surface area contributed by atoms with E-state index < -0.39 is 0 Å². The van der Waals surface area contributed by atoms with Gasteiger partial charge in [-0.3, -0.25) is 4.79 Å². The number of Topliss-reactive ketones (excluding diaryl/α,β-unsaturated/α-hetero) is 1. The van der Waals surface area contributed by atoms with E-state index in [0.29, 0.717) is 12.2 Å². The largest absolute Gasteiger partial charge is 0.299 e. The number of nitrogens with zero attached hydrogens (tertiary/aromatic N) is 2. The van der Waals surface area contributed by atoms with Crippen molar-refractivity contribution >= 4 is 17.1 Å². The van der Waals surface area contributed by atoms with Gasteiger partial charge in [-0.15, -0.1) is 21.5 Å². The maximum Gasteiger partial charge on any atom is 0.139 e. The van der Waals surface area contributed by atoms with Crippen LogP contribution in [0.25, 0.3) is 0 Å². The zero-order valence-corrected chi connectivity index (χ0v) is 11.4. The third kappa shape index (κ3) is 3.11. The number of carbonyl (C=O) groups excluding carboxylic acids is 1. The molecule has 1 heterocycles. The summed E-state index contributed by atoms with van der Waals surface area (Å²) in [6.07, 6.45) is 3.15. The van der Waals surface area contributed by atoms with E-state index >= 15 is 0 Å². The smallest absolute Gasteiger partial charge is 0.139 e. The molecule has 0 aliphatic carbocycles. The van der Waals surface area contributed by atoms with Gasteiger partial charge in [0.05, 0.1) is 0 Å². The Balaban J connectivity index is 2.52. The van der Waals surface area contributed by atoms with Crippen LogP contribution in [0.3, 0.4) is 0 Å². The molecule has 16 heavy (non-hydrogen) atoms. The first-order valence-electron chi connectivity index (χ1n) is 5.84. The van der Waals surface area contributed by atoms with E-state index in [2.05, 4.69) is 31.0 Å². The molecule has 90 valence electrons. The fourth-order valence-corrected chi connectivity index (χ4v) is 2.31. The van der Waals surface area contributed by atoms with Gasteiger partial charge in [0, 0.05) is 18.3 Å². The summed E-state index contributed by atoms with van der Waals surface area (Å²) in [7, 11) is 0. The number of aryl methyl sites for hydroxylation is 2. The van der Waals surface area contributed by atoms with Gasteiger partial charge in [0.25, 0.3) is 0 Å². The maximum absolute atomic E-state index is 12.1. The number of ketones is 1. The second-order valence-corrected chi connectivity index (χ2v) is 5.67. The van der Waals surface area contributed by atoms with Crippen molar-refractivity contribution in [3.63, 3.8) is 0 Å². The zero-order valence-electron chi connectivity index (χ0n) is 10.5. The van der Waals surface area contributed by atoms with E-state index in [9.17, 15) is 4.79 Å². The third-order valence-electron chi connectivity index (χ3n) is 3.37. The van der Waals surface area contributed by atoms with E-state index in [1.165, 1.54) is 0 Å². The molecule has 0 amide bonds. The Bertz CT molecular complexity index is 356. The van der Waals surface area contributed by atoms with Crippen molar-refractivity contribution in [3.8, 4) is 0 Å². The molecular weight excluding hydrogens is 220 g/mol. The van der Waals surface area contributed by atoms with Crippen molar-refractivity contribution in [1.82, 2.24) is 10.2 Å². The second-order valence-electron chi connectivity index (χ2n) is 4.41. The van der Waals surface area contributed by atoms with Crippen LogP contribution in [0, 0.1) is 12.3 Å². The van der Waals surface area contributed by atoms with Gasteiger partial charge in [-0.05, 0) is 19.8 Å². The highest BCUT2D eigenvalue weighted by molar-refractivity contribution is 7.11. The van der Waals surface area contributed by atoms with Gasteiger partial charge in [-0.2, -0.15) is 0 Å². The van der Waals surface area contributed by atoms with Gasteiger partial charge in [-0.1, -0.05) is 20.8 Å². The molecule has 0 aromatic carbocycles. The summed E-state index contributed by atoms with van der Waals surface area (Å²) >= 11 is 1.58. The standard InChI is InChI=1S/C12H20N2OS/c1-5-12(4,6-2)10(15)7-8-11-14-13-9(3)16-11/h5-8H2,1-4H3. The second kappa shape index (κ2) is 5.53. The van der Waals surface area contributed by atoms with E-state index in [-0.39, 0.29) is 5.41 Å². The number of hydrogen-bond donors (Lipinski definition) is 0. The normalized spacial score (nSPS) is 11.8. The summed E-state index contributed by atoms with van der Waals surface area (Å²) in [4.78, 5) is 12.1. The predicted octanol–water partition coefficient (Wildman–Crippen LogP) is 3.17. The average molecular weight is 240 g/mol. The number of carbonyl (C=O) groups is 1. The Labute approximate surface area is 101 Å². The van der Waals surface area contributed by atoms with E-state index in [0.717, 1.165) is 29.3 Å². The van der Waals surface area contributed by atoms with Crippen LogP contribution in [0.5, 0.6) is 0 Å². The molecule has 0 aliphatic rings. The van der Waals surface area contributed by atoms with Gasteiger partial charge >= 0.3 is 0 Å². The molecular formula is C12H20N2OS. The van der Waals surface area contributed by atoms with Crippen LogP contribution in [0.4, 0.5) is 0 Å². The summed E-state index contributed by atoms with van der Waals surface area (Å²) in [6, 6.07) is 0. The lowest BCUT2D eigenvalue weighted by molar-refractivity contribution is -0.128. The lowest BCUT2D eigenvalue weighted by atomic mass is 9.79. The minimum Gasteiger partial charge on any atom is -0.299 e. The van der Waals surface area contributed by atoms with Crippen LogP contribution in [0.2, 0.25) is 0 Å². The van der Waals surface area contributed by atoms with Crippen LogP contribution in [-0.2, 0) is 11.2 Å². The summed E-state index contributed by atoms with van der Waals surface area (Å²) < 4.78 is 0. The Hall–Kier alpha value is -0.770. The molecule has 3 nitrogen and oxygen atoms in total. The summed E-state index contributed by atoms with van der Waals surface area (Å²) in [5, 5.41) is 9.93. The maximum atomic E-state index is 12.1. The Morgan fingerprint density at radius 1 is 1.31 bits per heavy atom. The van der Waals surface area contributed by atoms with Crippen LogP contribution in [0.1, 0.15) is 50.0 Å². The summed E-state index contributed by atoms with van der Waals surface area (Å²) in [6.45, 7) is 8.15. The molecule has 0 aliphatic heterocycles. The fraction of sp³-hybridized carbons (Fsp3) is 0.750. The number of rotatable bonds is 6. The van der Waals surface area contributed by atoms with Crippen molar-refractivity contribution in [3.05, 3.63) is 10.0 Å². The highest BCUT2D eigenvalue weighted by atomic mass is 32.1. The Morgan fingerprint density at radius 2 is 1.94 bits per heavy atom. The average Bonchev–Trinajstić information content (AvgIpc) is 2.70. The highest BCUT2D eigenvalue weighted by Gasteiger charge is 2.28. The quantitative estimate of drug-likeness (QED) is 0.767. The minimum atomic E-state index is -0.153. The fourth-order valence-electron chi connectivity index (χ4n) is 1.61. The van der Waals surface area contributed by atoms with Gasteiger partial charge in [0.2, 0.25) is 0 Å². The Morgan fingerprint density at radius 3 is 2.38 bits per heavy atom. The van der Waals surface area contributed by atoms with Crippen LogP contribution in [0.15, 0.2) is 0 Å². The van der Waals surface area contributed by atoms with E-state index in [4.69, 9.17) is 0 Å². The molecule has 0 saturated heterocycles. The highest BCUT2D eigenvalue weighted by Crippen LogP contribution is 2.28. The van der Waals surface area contributed by atoms with Crippen molar-refractivity contribution in [2.45, 2.75) is 53.4 Å². The molecule has 0 N–H and O–H groups in total. The van der Waals surface area contributed by atoms with Crippen LogP contribution < -0.4 is 0 Å². The SMILES string of the molecule is CCC(C)(CC)C(=O)CCc1nnc(C)s1. The van der Waals surface area contributed by atoms with Crippen molar-refractivity contribution in [2.75, 3.05) is 0 Å². The molecule has 0 unspecified atom stereocenters. The first-order chi connectivity index (χ1) is 7.51. The van der Waals surface area contributed by atoms with E-state index in [1.807, 2.05) is 6.92 Å². The first kappa shape index (κ1) is 13.3. The van der Waals surface area contributed by atoms with Gasteiger partial charge in [-0.25, -0.2) is 0 Å². The zero-order chi connectivity index (χ0) is 12.2. The van der Waals surface area contributed by atoms with Crippen molar-refractivity contribution < 1.29 is 4.79 Å². The summed E-state index contributed by atoms with van der Waals surface area (Å²) in [5.41, 5.74) is -0.153. The Kier molecular flexibility index (Phi) is 4.59. The summed E-state index contributed by atoms with van der Waals surface area (Å²) in [5.74, 6) is 0.352. The number of aromatic nitrogens is 2. The van der Waals surface area contributed by atoms with E-state index in [1.54, 1.807) is 11.3 Å². The van der Waals surface area contributed by atoms with Crippen molar-refractivity contribution in [1.29, 1.82) is 0 Å². The van der Waals surface area contributed by atoms with Crippen LogP contribution in [-0.4, -0.2) is 16.0 Å². The molecule has 0 bridgehead atoms. The monoisotopic (exact) mass is 240 g/mol.